The zero-order valence-corrected chi connectivity index (χ0v) is 19.2. The van der Waals surface area contributed by atoms with Gasteiger partial charge in [0.25, 0.3) is 0 Å². The highest BCUT2D eigenvalue weighted by atomic mass is 35.5. The maximum absolute atomic E-state index is 12.4. The predicted octanol–water partition coefficient (Wildman–Crippen LogP) is 3.57. The van der Waals surface area contributed by atoms with Crippen LogP contribution in [0.4, 0.5) is 0 Å². The third-order valence-corrected chi connectivity index (χ3v) is 5.80. The number of benzene rings is 2. The Morgan fingerprint density at radius 2 is 1.68 bits per heavy atom. The number of nitrogens with one attached hydrogen (secondary N) is 1. The second kappa shape index (κ2) is 10.4. The molecule has 0 saturated carbocycles. The van der Waals surface area contributed by atoms with Crippen molar-refractivity contribution in [3.05, 3.63) is 47.0 Å². The molecule has 0 radical (unpaired) electrons. The molecule has 0 fully saturated rings. The molecule has 1 N–H and O–H groups in total. The van der Waals surface area contributed by atoms with Gasteiger partial charge in [0, 0.05) is 35.8 Å². The summed E-state index contributed by atoms with van der Waals surface area (Å²) in [5.74, 6) is 2.49. The van der Waals surface area contributed by atoms with Crippen molar-refractivity contribution in [1.82, 2.24) is 20.1 Å². The van der Waals surface area contributed by atoms with Crippen LogP contribution >= 0.6 is 23.4 Å². The number of methoxy groups -OCH3 is 3. The molecule has 1 aromatic heterocycles. The van der Waals surface area contributed by atoms with E-state index in [2.05, 4.69) is 15.5 Å². The maximum Gasteiger partial charge on any atom is 0.230 e. The van der Waals surface area contributed by atoms with Crippen LogP contribution in [0, 0.1) is 0 Å². The molecule has 0 aliphatic heterocycles. The van der Waals surface area contributed by atoms with E-state index in [0.29, 0.717) is 33.3 Å². The van der Waals surface area contributed by atoms with Gasteiger partial charge in [-0.3, -0.25) is 4.79 Å². The molecule has 10 heteroatoms. The second-order valence-electron chi connectivity index (χ2n) is 6.46. The summed E-state index contributed by atoms with van der Waals surface area (Å²) in [6.07, 6.45) is 0. The number of carbonyl (C=O) groups is 1. The highest BCUT2D eigenvalue weighted by molar-refractivity contribution is 7.99. The van der Waals surface area contributed by atoms with E-state index in [1.54, 1.807) is 45.6 Å². The average Bonchev–Trinajstić information content (AvgIpc) is 3.16. The summed E-state index contributed by atoms with van der Waals surface area (Å²) in [6.45, 7) is 0.289. The number of rotatable bonds is 9. The van der Waals surface area contributed by atoms with Gasteiger partial charge < -0.3 is 24.1 Å². The first-order valence-corrected chi connectivity index (χ1v) is 10.7. The molecule has 2 aromatic carbocycles. The third-order valence-electron chi connectivity index (χ3n) is 4.53. The summed E-state index contributed by atoms with van der Waals surface area (Å²) >= 11 is 7.25. The van der Waals surface area contributed by atoms with Crippen molar-refractivity contribution in [2.75, 3.05) is 27.1 Å². The lowest BCUT2D eigenvalue weighted by Gasteiger charge is -2.14. The molecule has 0 saturated heterocycles. The first-order chi connectivity index (χ1) is 15.0. The lowest BCUT2D eigenvalue weighted by Crippen LogP contribution is -2.25. The van der Waals surface area contributed by atoms with Crippen LogP contribution in [0.15, 0.2) is 41.6 Å². The van der Waals surface area contributed by atoms with Crippen molar-refractivity contribution < 1.29 is 19.0 Å². The largest absolute Gasteiger partial charge is 0.496 e. The fourth-order valence-corrected chi connectivity index (χ4v) is 3.76. The Morgan fingerprint density at radius 1 is 1.03 bits per heavy atom. The van der Waals surface area contributed by atoms with Crippen LogP contribution in [0.3, 0.4) is 0 Å². The molecule has 1 heterocycles. The van der Waals surface area contributed by atoms with Crippen molar-refractivity contribution in [2.24, 2.45) is 7.05 Å². The average molecular weight is 463 g/mol. The number of nitrogens with zero attached hydrogens (tertiary/aromatic N) is 3. The van der Waals surface area contributed by atoms with Gasteiger partial charge in [0.05, 0.1) is 27.1 Å². The van der Waals surface area contributed by atoms with Crippen LogP contribution in [0.2, 0.25) is 5.02 Å². The quantitative estimate of drug-likeness (QED) is 0.486. The molecule has 0 unspecified atom stereocenters. The normalized spacial score (nSPS) is 10.6. The second-order valence-corrected chi connectivity index (χ2v) is 7.84. The molecular formula is C21H23ClN4O4S. The first kappa shape index (κ1) is 22.8. The van der Waals surface area contributed by atoms with Gasteiger partial charge in [0.15, 0.2) is 22.5 Å². The van der Waals surface area contributed by atoms with Crippen molar-refractivity contribution in [2.45, 2.75) is 11.7 Å². The monoisotopic (exact) mass is 462 g/mol. The predicted molar refractivity (Wildman–Crippen MR) is 120 cm³/mol. The summed E-state index contributed by atoms with van der Waals surface area (Å²) in [4.78, 5) is 12.4. The standard InChI is InChI=1S/C21H23ClN4O4S/c1-26-20(13-5-7-15(22)8-6-13)24-25-21(26)31-12-19(27)23-11-14-9-17(29-3)18(30-4)10-16(14)28-2/h5-10H,11-12H2,1-4H3,(H,23,27). The zero-order valence-electron chi connectivity index (χ0n) is 17.6. The fourth-order valence-electron chi connectivity index (χ4n) is 2.90. The van der Waals surface area contributed by atoms with Gasteiger partial charge in [-0.15, -0.1) is 10.2 Å². The number of carbonyl (C=O) groups excluding carboxylic acids is 1. The van der Waals surface area contributed by atoms with E-state index < -0.39 is 0 Å². The SMILES string of the molecule is COc1cc(OC)c(OC)cc1CNC(=O)CSc1nnc(-c2ccc(Cl)cc2)n1C. The Labute approximate surface area is 189 Å². The molecule has 0 spiro atoms. The van der Waals surface area contributed by atoms with Crippen molar-refractivity contribution in [3.8, 4) is 28.6 Å². The van der Waals surface area contributed by atoms with E-state index in [1.807, 2.05) is 23.7 Å². The van der Waals surface area contributed by atoms with Gasteiger partial charge in [-0.25, -0.2) is 0 Å². The van der Waals surface area contributed by atoms with E-state index in [4.69, 9.17) is 25.8 Å². The number of ether oxygens (including phenoxy) is 3. The molecule has 8 nitrogen and oxygen atoms in total. The Bertz CT molecular complexity index is 1060. The summed E-state index contributed by atoms with van der Waals surface area (Å²) in [5.41, 5.74) is 1.68. The molecule has 1 amide bonds. The third kappa shape index (κ3) is 5.42. The van der Waals surface area contributed by atoms with Crippen molar-refractivity contribution in [1.29, 1.82) is 0 Å². The number of amides is 1. The minimum absolute atomic E-state index is 0.141. The van der Waals surface area contributed by atoms with E-state index in [-0.39, 0.29) is 18.2 Å². The molecule has 31 heavy (non-hydrogen) atoms. The molecule has 164 valence electrons. The Morgan fingerprint density at radius 3 is 2.32 bits per heavy atom. The number of halogens is 1. The topological polar surface area (TPSA) is 87.5 Å². The van der Waals surface area contributed by atoms with Crippen LogP contribution in [-0.4, -0.2) is 47.8 Å². The summed E-state index contributed by atoms with van der Waals surface area (Å²) < 4.78 is 17.8. The highest BCUT2D eigenvalue weighted by Crippen LogP contribution is 2.34. The van der Waals surface area contributed by atoms with E-state index in [9.17, 15) is 4.79 Å². The molecule has 3 rings (SSSR count). The van der Waals surface area contributed by atoms with Gasteiger partial charge >= 0.3 is 0 Å². The number of thioether (sulfide) groups is 1. The van der Waals surface area contributed by atoms with E-state index in [0.717, 1.165) is 11.1 Å². The van der Waals surface area contributed by atoms with Gasteiger partial charge in [-0.1, -0.05) is 23.4 Å². The maximum atomic E-state index is 12.4. The Kier molecular flexibility index (Phi) is 7.64. The molecule has 0 aliphatic rings. The van der Waals surface area contributed by atoms with Gasteiger partial charge in [0.2, 0.25) is 5.91 Å². The zero-order chi connectivity index (χ0) is 22.4. The number of aromatic nitrogens is 3. The van der Waals surface area contributed by atoms with Gasteiger partial charge in [-0.05, 0) is 30.3 Å². The van der Waals surface area contributed by atoms with Crippen LogP contribution in [0.5, 0.6) is 17.2 Å². The summed E-state index contributed by atoms with van der Waals surface area (Å²) in [7, 11) is 6.54. The fraction of sp³-hybridized carbons (Fsp3) is 0.286. The summed E-state index contributed by atoms with van der Waals surface area (Å²) in [6, 6.07) is 10.9. The molecule has 0 atom stereocenters. The van der Waals surface area contributed by atoms with Gasteiger partial charge in [-0.2, -0.15) is 0 Å². The van der Waals surface area contributed by atoms with Crippen LogP contribution in [0.25, 0.3) is 11.4 Å². The minimum atomic E-state index is -0.141. The number of hydrogen-bond donors (Lipinski definition) is 1. The van der Waals surface area contributed by atoms with Crippen LogP contribution in [-0.2, 0) is 18.4 Å². The van der Waals surface area contributed by atoms with E-state index >= 15 is 0 Å². The lowest BCUT2D eigenvalue weighted by molar-refractivity contribution is -0.118. The Balaban J connectivity index is 1.61. The minimum Gasteiger partial charge on any atom is -0.496 e. The molecule has 0 bridgehead atoms. The molecular weight excluding hydrogens is 440 g/mol. The van der Waals surface area contributed by atoms with Crippen molar-refractivity contribution >= 4 is 29.3 Å². The molecule has 3 aromatic rings. The Hall–Kier alpha value is -2.91. The lowest BCUT2D eigenvalue weighted by atomic mass is 10.1. The van der Waals surface area contributed by atoms with Gasteiger partial charge in [0.1, 0.15) is 5.75 Å². The molecule has 0 aliphatic carbocycles. The van der Waals surface area contributed by atoms with E-state index in [1.165, 1.54) is 11.8 Å². The highest BCUT2D eigenvalue weighted by Gasteiger charge is 2.15. The van der Waals surface area contributed by atoms with Crippen molar-refractivity contribution in [3.63, 3.8) is 0 Å². The smallest absolute Gasteiger partial charge is 0.230 e. The van der Waals surface area contributed by atoms with Crippen LogP contribution in [0.1, 0.15) is 5.56 Å². The van der Waals surface area contributed by atoms with Crippen LogP contribution < -0.4 is 19.5 Å². The first-order valence-electron chi connectivity index (χ1n) is 9.30. The summed E-state index contributed by atoms with van der Waals surface area (Å²) in [5, 5.41) is 12.6. The number of hydrogen-bond acceptors (Lipinski definition) is 7.